The van der Waals surface area contributed by atoms with Crippen molar-refractivity contribution in [2.75, 3.05) is 5.73 Å². The predicted octanol–water partition coefficient (Wildman–Crippen LogP) is 3.02. The van der Waals surface area contributed by atoms with Crippen LogP contribution in [-0.4, -0.2) is 9.97 Å². The summed E-state index contributed by atoms with van der Waals surface area (Å²) < 4.78 is 39.3. The molecule has 6 heteroatoms. The van der Waals surface area contributed by atoms with Crippen molar-refractivity contribution >= 4 is 5.82 Å². The number of anilines is 1. The minimum Gasteiger partial charge on any atom is -0.384 e. The molecule has 0 amide bonds. The molecule has 0 bridgehead atoms. The lowest BCUT2D eigenvalue weighted by atomic mass is 10.1. The minimum atomic E-state index is -1.49. The van der Waals surface area contributed by atoms with Crippen LogP contribution in [0, 0.1) is 17.5 Å². The van der Waals surface area contributed by atoms with Gasteiger partial charge in [0.25, 0.3) is 0 Å². The molecular formula is C13H10F3N3. The standard InChI is InChI=1S/C13H10F3N3/c14-8-3-7(4-9(15)12(8)16)10-5-11(17)19-13(18-10)6-1-2-6/h3-6H,1-2H2,(H2,17,18,19). The van der Waals surface area contributed by atoms with Gasteiger partial charge in [-0.25, -0.2) is 23.1 Å². The number of nitrogen functional groups attached to an aromatic ring is 1. The maximum Gasteiger partial charge on any atom is 0.194 e. The molecule has 1 saturated carbocycles. The van der Waals surface area contributed by atoms with Gasteiger partial charge in [0.05, 0.1) is 5.69 Å². The Labute approximate surface area is 107 Å². The Balaban J connectivity index is 2.11. The highest BCUT2D eigenvalue weighted by Gasteiger charge is 2.27. The number of halogens is 3. The SMILES string of the molecule is Nc1cc(-c2cc(F)c(F)c(F)c2)nc(C2CC2)n1. The Morgan fingerprint density at radius 1 is 1.00 bits per heavy atom. The predicted molar refractivity (Wildman–Crippen MR) is 63.7 cm³/mol. The van der Waals surface area contributed by atoms with Gasteiger partial charge < -0.3 is 5.73 Å². The summed E-state index contributed by atoms with van der Waals surface area (Å²) in [5.74, 6) is -2.93. The van der Waals surface area contributed by atoms with E-state index in [4.69, 9.17) is 5.73 Å². The molecule has 2 aromatic rings. The van der Waals surface area contributed by atoms with Crippen LogP contribution in [0.3, 0.4) is 0 Å². The number of aromatic nitrogens is 2. The highest BCUT2D eigenvalue weighted by Crippen LogP contribution is 2.39. The molecule has 1 heterocycles. The summed E-state index contributed by atoms with van der Waals surface area (Å²) in [7, 11) is 0. The molecular weight excluding hydrogens is 255 g/mol. The van der Waals surface area contributed by atoms with Crippen molar-refractivity contribution < 1.29 is 13.2 Å². The van der Waals surface area contributed by atoms with E-state index in [1.54, 1.807) is 0 Å². The van der Waals surface area contributed by atoms with Crippen LogP contribution < -0.4 is 5.73 Å². The first-order valence-corrected chi connectivity index (χ1v) is 5.84. The Kier molecular flexibility index (Phi) is 2.66. The van der Waals surface area contributed by atoms with Gasteiger partial charge in [-0.05, 0) is 25.0 Å². The number of hydrogen-bond acceptors (Lipinski definition) is 3. The van der Waals surface area contributed by atoms with Crippen molar-refractivity contribution in [3.63, 3.8) is 0 Å². The molecule has 19 heavy (non-hydrogen) atoms. The highest BCUT2D eigenvalue weighted by molar-refractivity contribution is 5.62. The van der Waals surface area contributed by atoms with Crippen molar-refractivity contribution in [1.82, 2.24) is 9.97 Å². The van der Waals surface area contributed by atoms with E-state index in [0.29, 0.717) is 11.5 Å². The summed E-state index contributed by atoms with van der Waals surface area (Å²) in [6, 6.07) is 3.21. The summed E-state index contributed by atoms with van der Waals surface area (Å²) in [5.41, 5.74) is 6.10. The Morgan fingerprint density at radius 3 is 2.21 bits per heavy atom. The van der Waals surface area contributed by atoms with Crippen LogP contribution in [0.25, 0.3) is 11.3 Å². The average molecular weight is 265 g/mol. The van der Waals surface area contributed by atoms with Gasteiger partial charge in [0.2, 0.25) is 0 Å². The van der Waals surface area contributed by atoms with E-state index in [1.807, 2.05) is 0 Å². The molecule has 98 valence electrons. The zero-order chi connectivity index (χ0) is 13.6. The molecule has 0 spiro atoms. The van der Waals surface area contributed by atoms with Crippen molar-refractivity contribution in [3.8, 4) is 11.3 Å². The maximum atomic E-state index is 13.2. The minimum absolute atomic E-state index is 0.146. The molecule has 1 fully saturated rings. The van der Waals surface area contributed by atoms with Gasteiger partial charge in [-0.15, -0.1) is 0 Å². The topological polar surface area (TPSA) is 51.8 Å². The molecule has 0 radical (unpaired) electrons. The van der Waals surface area contributed by atoms with Crippen LogP contribution in [0.4, 0.5) is 19.0 Å². The van der Waals surface area contributed by atoms with Gasteiger partial charge >= 0.3 is 0 Å². The van der Waals surface area contributed by atoms with Crippen LogP contribution in [0.5, 0.6) is 0 Å². The summed E-state index contributed by atoms with van der Waals surface area (Å²) in [6.45, 7) is 0. The molecule has 0 unspecified atom stereocenters. The smallest absolute Gasteiger partial charge is 0.194 e. The Hall–Kier alpha value is -2.11. The van der Waals surface area contributed by atoms with Crippen LogP contribution in [0.15, 0.2) is 18.2 Å². The van der Waals surface area contributed by atoms with Crippen molar-refractivity contribution in [3.05, 3.63) is 41.5 Å². The fourth-order valence-corrected chi connectivity index (χ4v) is 1.86. The summed E-state index contributed by atoms with van der Waals surface area (Å²) in [6.07, 6.45) is 1.96. The molecule has 2 N–H and O–H groups in total. The molecule has 1 aromatic heterocycles. The van der Waals surface area contributed by atoms with Crippen LogP contribution >= 0.6 is 0 Å². The Bertz CT molecular complexity index is 631. The summed E-state index contributed by atoms with van der Waals surface area (Å²) in [4.78, 5) is 8.32. The van der Waals surface area contributed by atoms with E-state index in [-0.39, 0.29) is 17.3 Å². The number of nitrogens with two attached hydrogens (primary N) is 1. The van der Waals surface area contributed by atoms with E-state index in [9.17, 15) is 13.2 Å². The first-order chi connectivity index (χ1) is 9.04. The van der Waals surface area contributed by atoms with E-state index in [2.05, 4.69) is 9.97 Å². The first-order valence-electron chi connectivity index (χ1n) is 5.84. The third kappa shape index (κ3) is 2.25. The number of hydrogen-bond donors (Lipinski definition) is 1. The lowest BCUT2D eigenvalue weighted by Crippen LogP contribution is -2.01. The monoisotopic (exact) mass is 265 g/mol. The zero-order valence-electron chi connectivity index (χ0n) is 9.83. The molecule has 0 saturated heterocycles. The van der Waals surface area contributed by atoms with E-state index < -0.39 is 17.5 Å². The second kappa shape index (κ2) is 4.22. The van der Waals surface area contributed by atoms with E-state index in [1.165, 1.54) is 6.07 Å². The fraction of sp³-hybridized carbons (Fsp3) is 0.231. The van der Waals surface area contributed by atoms with Gasteiger partial charge in [0.15, 0.2) is 17.5 Å². The maximum absolute atomic E-state index is 13.2. The molecule has 0 atom stereocenters. The number of nitrogens with zero attached hydrogens (tertiary/aromatic N) is 2. The second-order valence-electron chi connectivity index (χ2n) is 4.56. The fourth-order valence-electron chi connectivity index (χ4n) is 1.86. The zero-order valence-corrected chi connectivity index (χ0v) is 9.83. The van der Waals surface area contributed by atoms with Gasteiger partial charge in [-0.1, -0.05) is 0 Å². The molecule has 3 rings (SSSR count). The van der Waals surface area contributed by atoms with Crippen molar-refractivity contribution in [2.45, 2.75) is 18.8 Å². The van der Waals surface area contributed by atoms with E-state index >= 15 is 0 Å². The Morgan fingerprint density at radius 2 is 1.63 bits per heavy atom. The molecule has 1 aromatic carbocycles. The summed E-state index contributed by atoms with van der Waals surface area (Å²) >= 11 is 0. The van der Waals surface area contributed by atoms with Gasteiger partial charge in [-0.2, -0.15) is 0 Å². The van der Waals surface area contributed by atoms with Gasteiger partial charge in [-0.3, -0.25) is 0 Å². The molecule has 1 aliphatic carbocycles. The second-order valence-corrected chi connectivity index (χ2v) is 4.56. The van der Waals surface area contributed by atoms with E-state index in [0.717, 1.165) is 25.0 Å². The molecule has 3 nitrogen and oxygen atoms in total. The largest absolute Gasteiger partial charge is 0.384 e. The van der Waals surface area contributed by atoms with Crippen LogP contribution in [0.2, 0.25) is 0 Å². The average Bonchev–Trinajstić information content (AvgIpc) is 3.18. The lowest BCUT2D eigenvalue weighted by molar-refractivity contribution is 0.447. The first kappa shape index (κ1) is 12.0. The van der Waals surface area contributed by atoms with Crippen molar-refractivity contribution in [1.29, 1.82) is 0 Å². The van der Waals surface area contributed by atoms with Gasteiger partial charge in [0, 0.05) is 17.5 Å². The highest BCUT2D eigenvalue weighted by atomic mass is 19.2. The number of benzene rings is 1. The van der Waals surface area contributed by atoms with Crippen molar-refractivity contribution in [2.24, 2.45) is 0 Å². The third-order valence-electron chi connectivity index (χ3n) is 2.99. The molecule has 0 aliphatic heterocycles. The normalized spacial score (nSPS) is 14.7. The lowest BCUT2D eigenvalue weighted by Gasteiger charge is -2.06. The summed E-state index contributed by atoms with van der Waals surface area (Å²) in [5, 5.41) is 0. The van der Waals surface area contributed by atoms with Gasteiger partial charge in [0.1, 0.15) is 11.6 Å². The van der Waals surface area contributed by atoms with Crippen LogP contribution in [-0.2, 0) is 0 Å². The quantitative estimate of drug-likeness (QED) is 0.849. The molecule has 1 aliphatic rings. The third-order valence-corrected chi connectivity index (χ3v) is 2.99. The van der Waals surface area contributed by atoms with Crippen LogP contribution in [0.1, 0.15) is 24.6 Å². The number of rotatable bonds is 2.